The lowest BCUT2D eigenvalue weighted by Gasteiger charge is -2.06. The predicted octanol–water partition coefficient (Wildman–Crippen LogP) is 0.0527. The molecule has 0 saturated carbocycles. The number of pyridine rings is 1. The minimum atomic E-state index is -0.632. The van der Waals surface area contributed by atoms with Crippen LogP contribution in [0.2, 0.25) is 0 Å². The Morgan fingerprint density at radius 1 is 1.48 bits per heavy atom. The van der Waals surface area contributed by atoms with E-state index in [1.807, 2.05) is 0 Å². The first-order chi connectivity index (χ1) is 10.1. The fraction of sp³-hybridized carbons (Fsp3) is 0.273. The summed E-state index contributed by atoms with van der Waals surface area (Å²) < 4.78 is 0. The first-order valence-electron chi connectivity index (χ1n) is 6.10. The summed E-state index contributed by atoms with van der Waals surface area (Å²) in [6.07, 6.45) is 3.69. The van der Waals surface area contributed by atoms with Crippen molar-refractivity contribution >= 4 is 17.4 Å². The van der Waals surface area contributed by atoms with Crippen molar-refractivity contribution in [3.05, 3.63) is 40.1 Å². The number of nitrogens with zero attached hydrogens (tertiary/aromatic N) is 4. The number of hydrogen-bond donors (Lipinski definition) is 3. The Bertz CT molecular complexity index is 641. The number of aryl methyl sites for hydroxylation is 1. The molecule has 2 rings (SSSR count). The van der Waals surface area contributed by atoms with Gasteiger partial charge in [-0.2, -0.15) is 5.10 Å². The molecule has 0 unspecified atom stereocenters. The van der Waals surface area contributed by atoms with Gasteiger partial charge in [0.25, 0.3) is 11.6 Å². The summed E-state index contributed by atoms with van der Waals surface area (Å²) in [4.78, 5) is 29.5. The zero-order chi connectivity index (χ0) is 15.2. The number of aromatic nitrogens is 4. The van der Waals surface area contributed by atoms with Gasteiger partial charge in [0.2, 0.25) is 0 Å². The molecular formula is C11H13N7O3. The van der Waals surface area contributed by atoms with Crippen LogP contribution < -0.4 is 11.1 Å². The number of nitrogens with one attached hydrogen (secondary N) is 2. The number of nitrogens with two attached hydrogens (primary N) is 1. The monoisotopic (exact) mass is 291 g/mol. The van der Waals surface area contributed by atoms with Gasteiger partial charge in [-0.25, -0.2) is 9.97 Å². The average molecular weight is 291 g/mol. The zero-order valence-electron chi connectivity index (χ0n) is 10.9. The minimum Gasteiger partial charge on any atom is -0.383 e. The van der Waals surface area contributed by atoms with Crippen LogP contribution in [0.25, 0.3) is 0 Å². The molecule has 2 aromatic heterocycles. The highest BCUT2D eigenvalue weighted by molar-refractivity contribution is 5.98. The molecule has 0 radical (unpaired) electrons. The maximum atomic E-state index is 11.9. The van der Waals surface area contributed by atoms with Gasteiger partial charge in [-0.3, -0.25) is 20.0 Å². The summed E-state index contributed by atoms with van der Waals surface area (Å²) >= 11 is 0. The Kier molecular flexibility index (Phi) is 4.39. The lowest BCUT2D eigenvalue weighted by Crippen LogP contribution is -2.26. The molecular weight excluding hydrogens is 278 g/mol. The van der Waals surface area contributed by atoms with E-state index in [0.717, 1.165) is 18.1 Å². The first-order valence-corrected chi connectivity index (χ1v) is 6.10. The van der Waals surface area contributed by atoms with Crippen molar-refractivity contribution in [1.82, 2.24) is 25.5 Å². The Morgan fingerprint density at radius 2 is 2.29 bits per heavy atom. The number of aromatic amines is 1. The topological polar surface area (TPSA) is 153 Å². The van der Waals surface area contributed by atoms with Crippen LogP contribution in [0.3, 0.4) is 0 Å². The molecule has 0 bridgehead atoms. The summed E-state index contributed by atoms with van der Waals surface area (Å²) in [5.41, 5.74) is 5.26. The molecule has 0 spiro atoms. The van der Waals surface area contributed by atoms with Gasteiger partial charge in [-0.05, 0) is 6.42 Å². The molecule has 0 fully saturated rings. The quantitative estimate of drug-likeness (QED) is 0.386. The molecule has 0 aliphatic heterocycles. The van der Waals surface area contributed by atoms with Crippen LogP contribution in [0, 0.1) is 10.1 Å². The number of anilines is 1. The largest absolute Gasteiger partial charge is 0.383 e. The maximum Gasteiger partial charge on any atom is 0.288 e. The Morgan fingerprint density at radius 3 is 2.95 bits per heavy atom. The van der Waals surface area contributed by atoms with Crippen molar-refractivity contribution in [2.75, 3.05) is 12.3 Å². The van der Waals surface area contributed by atoms with Crippen LogP contribution in [-0.4, -0.2) is 37.5 Å². The van der Waals surface area contributed by atoms with E-state index < -0.39 is 10.8 Å². The molecule has 1 amide bonds. The highest BCUT2D eigenvalue weighted by atomic mass is 16.6. The standard InChI is InChI=1S/C11H13N7O3/c12-10-8(4-7(5-14-10)18(20)21)11(19)13-3-1-2-9-15-6-16-17-9/h4-6H,1-3H2,(H2,12,14)(H,13,19)(H,15,16,17). The molecule has 0 atom stereocenters. The van der Waals surface area contributed by atoms with E-state index in [0.29, 0.717) is 19.4 Å². The molecule has 21 heavy (non-hydrogen) atoms. The molecule has 2 aromatic rings. The SMILES string of the molecule is Nc1ncc([N+](=O)[O-])cc1C(=O)NCCCc1ncn[nH]1. The second-order valence-electron chi connectivity index (χ2n) is 4.18. The second-order valence-corrected chi connectivity index (χ2v) is 4.18. The van der Waals surface area contributed by atoms with Gasteiger partial charge in [-0.15, -0.1) is 0 Å². The molecule has 10 nitrogen and oxygen atoms in total. The van der Waals surface area contributed by atoms with Gasteiger partial charge < -0.3 is 11.1 Å². The van der Waals surface area contributed by atoms with E-state index in [2.05, 4.69) is 25.5 Å². The summed E-state index contributed by atoms with van der Waals surface area (Å²) in [5.74, 6) is 0.176. The number of hydrogen-bond acceptors (Lipinski definition) is 7. The maximum absolute atomic E-state index is 11.9. The number of carbonyl (C=O) groups is 1. The highest BCUT2D eigenvalue weighted by Gasteiger charge is 2.16. The van der Waals surface area contributed by atoms with Gasteiger partial charge in [0, 0.05) is 19.0 Å². The third kappa shape index (κ3) is 3.72. The molecule has 10 heteroatoms. The van der Waals surface area contributed by atoms with Crippen molar-refractivity contribution in [2.24, 2.45) is 0 Å². The lowest BCUT2D eigenvalue weighted by atomic mass is 10.2. The van der Waals surface area contributed by atoms with Crippen molar-refractivity contribution in [3.8, 4) is 0 Å². The van der Waals surface area contributed by atoms with Crippen LogP contribution in [0.5, 0.6) is 0 Å². The van der Waals surface area contributed by atoms with Crippen LogP contribution in [0.15, 0.2) is 18.6 Å². The minimum absolute atomic E-state index is 0.0103. The van der Waals surface area contributed by atoms with Crippen LogP contribution in [0.4, 0.5) is 11.5 Å². The molecule has 4 N–H and O–H groups in total. The van der Waals surface area contributed by atoms with Crippen molar-refractivity contribution in [3.63, 3.8) is 0 Å². The summed E-state index contributed by atoms with van der Waals surface area (Å²) in [7, 11) is 0. The van der Waals surface area contributed by atoms with Crippen molar-refractivity contribution in [2.45, 2.75) is 12.8 Å². The number of carbonyl (C=O) groups excluding carboxylic acids is 1. The van der Waals surface area contributed by atoms with Gasteiger partial charge in [0.15, 0.2) is 0 Å². The third-order valence-corrected chi connectivity index (χ3v) is 2.70. The summed E-state index contributed by atoms with van der Waals surface area (Å²) in [6, 6.07) is 1.11. The number of amides is 1. The normalized spacial score (nSPS) is 10.3. The molecule has 0 aliphatic rings. The number of nitro groups is 1. The molecule has 0 aliphatic carbocycles. The van der Waals surface area contributed by atoms with E-state index in [1.165, 1.54) is 6.33 Å². The highest BCUT2D eigenvalue weighted by Crippen LogP contribution is 2.16. The lowest BCUT2D eigenvalue weighted by molar-refractivity contribution is -0.385. The molecule has 0 aromatic carbocycles. The van der Waals surface area contributed by atoms with E-state index in [1.54, 1.807) is 0 Å². The second kappa shape index (κ2) is 6.41. The Balaban J connectivity index is 1.90. The summed E-state index contributed by atoms with van der Waals surface area (Å²) in [5, 5.41) is 19.7. The average Bonchev–Trinajstić information content (AvgIpc) is 2.96. The van der Waals surface area contributed by atoms with Gasteiger partial charge in [-0.1, -0.05) is 0 Å². The molecule has 110 valence electrons. The predicted molar refractivity (Wildman–Crippen MR) is 72.3 cm³/mol. The van der Waals surface area contributed by atoms with Crippen LogP contribution in [0.1, 0.15) is 22.6 Å². The summed E-state index contributed by atoms with van der Waals surface area (Å²) in [6.45, 7) is 0.377. The van der Waals surface area contributed by atoms with E-state index in [-0.39, 0.29) is 17.1 Å². The third-order valence-electron chi connectivity index (χ3n) is 2.70. The number of rotatable bonds is 6. The number of nitrogen functional groups attached to an aromatic ring is 1. The Labute approximate surface area is 118 Å². The fourth-order valence-electron chi connectivity index (χ4n) is 1.65. The van der Waals surface area contributed by atoms with Crippen molar-refractivity contribution < 1.29 is 9.72 Å². The van der Waals surface area contributed by atoms with Gasteiger partial charge >= 0.3 is 0 Å². The van der Waals surface area contributed by atoms with Crippen molar-refractivity contribution in [1.29, 1.82) is 0 Å². The smallest absolute Gasteiger partial charge is 0.288 e. The van der Waals surface area contributed by atoms with Gasteiger partial charge in [0.05, 0.1) is 10.5 Å². The van der Waals surface area contributed by atoms with Gasteiger partial charge in [0.1, 0.15) is 24.2 Å². The number of H-pyrrole nitrogens is 1. The van der Waals surface area contributed by atoms with E-state index in [4.69, 9.17) is 5.73 Å². The fourth-order valence-corrected chi connectivity index (χ4v) is 1.65. The molecule has 0 saturated heterocycles. The Hall–Kier alpha value is -3.04. The first kappa shape index (κ1) is 14.4. The van der Waals surface area contributed by atoms with Crippen LogP contribution in [-0.2, 0) is 6.42 Å². The van der Waals surface area contributed by atoms with Crippen LogP contribution >= 0.6 is 0 Å². The van der Waals surface area contributed by atoms with E-state index in [9.17, 15) is 14.9 Å². The van der Waals surface area contributed by atoms with E-state index >= 15 is 0 Å². The zero-order valence-corrected chi connectivity index (χ0v) is 10.9. The molecule has 2 heterocycles.